The summed E-state index contributed by atoms with van der Waals surface area (Å²) in [5, 5.41) is 6.44. The number of hydrogen-bond acceptors (Lipinski definition) is 3. The smallest absolute Gasteiger partial charge is 0.224 e. The standard InChI is InChI=1S/C19H35N3O2/c1-3-13-22(17-9-11-20-12-10-17)18(23)14-15(2)21-19(24)16-7-5-4-6-8-16/h15-17,20H,3-14H2,1-2H3,(H,21,24). The molecule has 5 nitrogen and oxygen atoms in total. The fourth-order valence-corrected chi connectivity index (χ4v) is 4.03. The highest BCUT2D eigenvalue weighted by molar-refractivity contribution is 5.81. The van der Waals surface area contributed by atoms with Crippen molar-refractivity contribution in [3.05, 3.63) is 0 Å². The molecule has 0 spiro atoms. The van der Waals surface area contributed by atoms with E-state index in [1.807, 2.05) is 6.92 Å². The number of nitrogens with one attached hydrogen (secondary N) is 2. The predicted octanol–water partition coefficient (Wildman–Crippen LogP) is 2.45. The Morgan fingerprint density at radius 1 is 1.12 bits per heavy atom. The minimum atomic E-state index is -0.0759. The van der Waals surface area contributed by atoms with Crippen molar-refractivity contribution >= 4 is 11.8 Å². The number of hydrogen-bond donors (Lipinski definition) is 2. The van der Waals surface area contributed by atoms with E-state index in [9.17, 15) is 9.59 Å². The van der Waals surface area contributed by atoms with Crippen molar-refractivity contribution in [3.8, 4) is 0 Å². The molecule has 1 atom stereocenters. The van der Waals surface area contributed by atoms with E-state index in [1.165, 1.54) is 6.42 Å². The van der Waals surface area contributed by atoms with Crippen LogP contribution in [0.3, 0.4) is 0 Å². The van der Waals surface area contributed by atoms with E-state index >= 15 is 0 Å². The van der Waals surface area contributed by atoms with Crippen LogP contribution in [0.1, 0.15) is 71.6 Å². The summed E-state index contributed by atoms with van der Waals surface area (Å²) >= 11 is 0. The van der Waals surface area contributed by atoms with E-state index in [2.05, 4.69) is 22.5 Å². The summed E-state index contributed by atoms with van der Waals surface area (Å²) in [6.45, 7) is 6.89. The Bertz CT molecular complexity index is 401. The van der Waals surface area contributed by atoms with Crippen LogP contribution in [0.2, 0.25) is 0 Å². The Morgan fingerprint density at radius 2 is 1.79 bits per heavy atom. The summed E-state index contributed by atoms with van der Waals surface area (Å²) in [7, 11) is 0. The summed E-state index contributed by atoms with van der Waals surface area (Å²) in [5.41, 5.74) is 0. The molecule has 2 rings (SSSR count). The van der Waals surface area contributed by atoms with Crippen molar-refractivity contribution in [3.63, 3.8) is 0 Å². The molecule has 0 radical (unpaired) electrons. The second kappa shape index (κ2) is 10.0. The van der Waals surface area contributed by atoms with Crippen LogP contribution < -0.4 is 10.6 Å². The molecule has 1 aliphatic carbocycles. The van der Waals surface area contributed by atoms with Crippen molar-refractivity contribution in [1.29, 1.82) is 0 Å². The Morgan fingerprint density at radius 3 is 2.42 bits per heavy atom. The van der Waals surface area contributed by atoms with E-state index in [1.54, 1.807) is 0 Å². The highest BCUT2D eigenvalue weighted by Crippen LogP contribution is 2.24. The first kappa shape index (κ1) is 19.2. The van der Waals surface area contributed by atoms with Crippen molar-refractivity contribution in [1.82, 2.24) is 15.5 Å². The van der Waals surface area contributed by atoms with Gasteiger partial charge < -0.3 is 15.5 Å². The first-order valence-electron chi connectivity index (χ1n) is 9.92. The van der Waals surface area contributed by atoms with E-state index in [4.69, 9.17) is 0 Å². The summed E-state index contributed by atoms with van der Waals surface area (Å²) in [6, 6.07) is 0.285. The molecule has 1 saturated heterocycles. The summed E-state index contributed by atoms with van der Waals surface area (Å²) < 4.78 is 0. The van der Waals surface area contributed by atoms with Crippen molar-refractivity contribution in [2.24, 2.45) is 5.92 Å². The van der Waals surface area contributed by atoms with Crippen molar-refractivity contribution in [2.75, 3.05) is 19.6 Å². The molecule has 0 aromatic rings. The van der Waals surface area contributed by atoms with Gasteiger partial charge >= 0.3 is 0 Å². The SMILES string of the molecule is CCCN(C(=O)CC(C)NC(=O)C1CCCCC1)C1CCNCC1. The van der Waals surface area contributed by atoms with Gasteiger partial charge in [-0.25, -0.2) is 0 Å². The lowest BCUT2D eigenvalue weighted by molar-refractivity contribution is -0.135. The zero-order valence-corrected chi connectivity index (χ0v) is 15.5. The van der Waals surface area contributed by atoms with Gasteiger partial charge in [0.1, 0.15) is 0 Å². The number of nitrogens with zero attached hydrogens (tertiary/aromatic N) is 1. The summed E-state index contributed by atoms with van der Waals surface area (Å²) in [6.07, 6.45) is 9.05. The Kier molecular flexibility index (Phi) is 8.03. The number of piperidine rings is 1. The fraction of sp³-hybridized carbons (Fsp3) is 0.895. The quantitative estimate of drug-likeness (QED) is 0.750. The van der Waals surface area contributed by atoms with E-state index in [0.717, 1.165) is 64.6 Å². The van der Waals surface area contributed by atoms with Gasteiger partial charge in [-0.2, -0.15) is 0 Å². The molecule has 1 aliphatic heterocycles. The Hall–Kier alpha value is -1.10. The van der Waals surface area contributed by atoms with Gasteiger partial charge in [0.05, 0.1) is 0 Å². The van der Waals surface area contributed by atoms with Crippen LogP contribution >= 0.6 is 0 Å². The lowest BCUT2D eigenvalue weighted by atomic mass is 9.88. The maximum atomic E-state index is 12.8. The molecule has 24 heavy (non-hydrogen) atoms. The lowest BCUT2D eigenvalue weighted by Gasteiger charge is -2.35. The number of amides is 2. The van der Waals surface area contributed by atoms with Crippen LogP contribution in [-0.4, -0.2) is 48.4 Å². The van der Waals surface area contributed by atoms with E-state index in [-0.39, 0.29) is 23.8 Å². The first-order valence-corrected chi connectivity index (χ1v) is 9.92. The molecular formula is C19H35N3O2. The zero-order chi connectivity index (χ0) is 17.4. The molecule has 2 aliphatic rings. The van der Waals surface area contributed by atoms with Crippen LogP contribution in [-0.2, 0) is 9.59 Å². The minimum Gasteiger partial charge on any atom is -0.353 e. The normalized spacial score (nSPS) is 21.2. The molecule has 0 aromatic heterocycles. The molecule has 138 valence electrons. The molecule has 2 amide bonds. The molecule has 1 unspecified atom stereocenters. The molecule has 0 aromatic carbocycles. The van der Waals surface area contributed by atoms with Gasteiger partial charge in [0, 0.05) is 31.0 Å². The highest BCUT2D eigenvalue weighted by Gasteiger charge is 2.27. The third-order valence-corrected chi connectivity index (χ3v) is 5.38. The van der Waals surface area contributed by atoms with E-state index in [0.29, 0.717) is 12.5 Å². The number of rotatable bonds is 7. The second-order valence-electron chi connectivity index (χ2n) is 7.52. The largest absolute Gasteiger partial charge is 0.353 e. The molecule has 0 bridgehead atoms. The number of carbonyl (C=O) groups is 2. The van der Waals surface area contributed by atoms with Crippen LogP contribution in [0.15, 0.2) is 0 Å². The van der Waals surface area contributed by atoms with Crippen LogP contribution in [0.4, 0.5) is 0 Å². The minimum absolute atomic E-state index is 0.0759. The van der Waals surface area contributed by atoms with Gasteiger partial charge in [-0.3, -0.25) is 9.59 Å². The van der Waals surface area contributed by atoms with Gasteiger partial charge in [0.25, 0.3) is 0 Å². The van der Waals surface area contributed by atoms with Gasteiger partial charge in [0.15, 0.2) is 0 Å². The Balaban J connectivity index is 1.82. The van der Waals surface area contributed by atoms with Gasteiger partial charge in [-0.1, -0.05) is 26.2 Å². The van der Waals surface area contributed by atoms with Crippen LogP contribution in [0.25, 0.3) is 0 Å². The van der Waals surface area contributed by atoms with Crippen LogP contribution in [0.5, 0.6) is 0 Å². The first-order chi connectivity index (χ1) is 11.6. The van der Waals surface area contributed by atoms with Crippen LogP contribution in [0, 0.1) is 5.92 Å². The topological polar surface area (TPSA) is 61.4 Å². The fourth-order valence-electron chi connectivity index (χ4n) is 4.03. The molecule has 1 heterocycles. The Labute approximate surface area is 146 Å². The van der Waals surface area contributed by atoms with Gasteiger partial charge in [0.2, 0.25) is 11.8 Å². The van der Waals surface area contributed by atoms with E-state index < -0.39 is 0 Å². The van der Waals surface area contributed by atoms with Gasteiger partial charge in [-0.05, 0) is 52.1 Å². The predicted molar refractivity (Wildman–Crippen MR) is 96.7 cm³/mol. The molecule has 2 fully saturated rings. The average Bonchev–Trinajstić information content (AvgIpc) is 2.60. The zero-order valence-electron chi connectivity index (χ0n) is 15.5. The molecule has 5 heteroatoms. The number of carbonyl (C=O) groups excluding carboxylic acids is 2. The highest BCUT2D eigenvalue weighted by atomic mass is 16.2. The molecular weight excluding hydrogens is 302 g/mol. The molecule has 1 saturated carbocycles. The van der Waals surface area contributed by atoms with Gasteiger partial charge in [-0.15, -0.1) is 0 Å². The maximum absolute atomic E-state index is 12.8. The third kappa shape index (κ3) is 5.76. The molecule has 2 N–H and O–H groups in total. The summed E-state index contributed by atoms with van der Waals surface area (Å²) in [5.74, 6) is 0.506. The summed E-state index contributed by atoms with van der Waals surface area (Å²) in [4.78, 5) is 27.2. The van der Waals surface area contributed by atoms with Crippen molar-refractivity contribution < 1.29 is 9.59 Å². The monoisotopic (exact) mass is 337 g/mol. The maximum Gasteiger partial charge on any atom is 0.224 e. The second-order valence-corrected chi connectivity index (χ2v) is 7.52. The van der Waals surface area contributed by atoms with Crippen molar-refractivity contribution in [2.45, 2.75) is 83.7 Å². The third-order valence-electron chi connectivity index (χ3n) is 5.38. The average molecular weight is 338 g/mol. The lowest BCUT2D eigenvalue weighted by Crippen LogP contribution is -2.48.